The van der Waals surface area contributed by atoms with Crippen LogP contribution in [0.4, 0.5) is 0 Å². The van der Waals surface area contributed by atoms with Gasteiger partial charge < -0.3 is 14.2 Å². The first-order valence-corrected chi connectivity index (χ1v) is 13.1. The van der Waals surface area contributed by atoms with E-state index in [0.29, 0.717) is 40.7 Å². The highest BCUT2D eigenvalue weighted by Crippen LogP contribution is 2.23. The Labute approximate surface area is 206 Å². The topological polar surface area (TPSA) is 81.5 Å². The van der Waals surface area contributed by atoms with Crippen molar-refractivity contribution in [3.05, 3.63) is 76.6 Å². The maximum absolute atomic E-state index is 13.3. The Morgan fingerprint density at radius 2 is 1.91 bits per heavy atom. The molecule has 2 aromatic carbocycles. The first-order chi connectivity index (χ1) is 16.1. The van der Waals surface area contributed by atoms with Crippen LogP contribution in [0, 0.1) is 5.92 Å². The van der Waals surface area contributed by atoms with Crippen molar-refractivity contribution in [2.75, 3.05) is 13.7 Å². The summed E-state index contributed by atoms with van der Waals surface area (Å²) in [4.78, 5) is 19.0. The first kappa shape index (κ1) is 25.8. The highest BCUT2D eigenvalue weighted by molar-refractivity contribution is 7.90. The number of hydrogen-bond donors (Lipinski definition) is 0. The Morgan fingerprint density at radius 3 is 2.56 bits per heavy atom. The first-order valence-electron chi connectivity index (χ1n) is 11.1. The number of sulfone groups is 1. The molecule has 0 fully saturated rings. The quantitative estimate of drug-likeness (QED) is 0.395. The monoisotopic (exact) mass is 503 g/mol. The van der Waals surface area contributed by atoms with Crippen molar-refractivity contribution >= 4 is 27.3 Å². The third-order valence-electron chi connectivity index (χ3n) is 5.31. The molecule has 0 aliphatic carbocycles. The maximum Gasteiger partial charge on any atom is 0.254 e. The second kappa shape index (κ2) is 11.1. The highest BCUT2D eigenvalue weighted by atomic mass is 35.5. The number of rotatable bonds is 10. The molecule has 0 atom stereocenters. The zero-order valence-corrected chi connectivity index (χ0v) is 21.4. The average Bonchev–Trinajstić information content (AvgIpc) is 3.19. The SMILES string of the molecule is CCN(Cc1cnc(S(=O)(=O)Cc2cccc(OC)c2)n1CC(C)C)C(=O)c1cccc(Cl)c1. The Hall–Kier alpha value is -2.84. The summed E-state index contributed by atoms with van der Waals surface area (Å²) < 4.78 is 33.6. The zero-order chi connectivity index (χ0) is 24.9. The number of benzene rings is 2. The summed E-state index contributed by atoms with van der Waals surface area (Å²) in [7, 11) is -2.20. The minimum Gasteiger partial charge on any atom is -0.497 e. The van der Waals surface area contributed by atoms with Crippen LogP contribution < -0.4 is 4.74 Å². The van der Waals surface area contributed by atoms with Crippen LogP contribution >= 0.6 is 11.6 Å². The van der Waals surface area contributed by atoms with Crippen LogP contribution in [-0.4, -0.2) is 42.4 Å². The minimum atomic E-state index is -3.74. The molecular weight excluding hydrogens is 474 g/mol. The summed E-state index contributed by atoms with van der Waals surface area (Å²) in [5.74, 6) is 0.398. The van der Waals surface area contributed by atoms with Crippen molar-refractivity contribution in [1.82, 2.24) is 14.5 Å². The van der Waals surface area contributed by atoms with Gasteiger partial charge in [-0.1, -0.05) is 43.6 Å². The molecular formula is C25H30ClN3O4S. The molecule has 182 valence electrons. The van der Waals surface area contributed by atoms with Gasteiger partial charge in [-0.25, -0.2) is 13.4 Å². The summed E-state index contributed by atoms with van der Waals surface area (Å²) in [6, 6.07) is 13.8. The van der Waals surface area contributed by atoms with E-state index in [1.165, 1.54) is 0 Å². The van der Waals surface area contributed by atoms with Crippen molar-refractivity contribution in [2.24, 2.45) is 5.92 Å². The predicted molar refractivity (Wildman–Crippen MR) is 133 cm³/mol. The summed E-state index contributed by atoms with van der Waals surface area (Å²) >= 11 is 6.06. The largest absolute Gasteiger partial charge is 0.497 e. The molecule has 3 rings (SSSR count). The molecule has 1 aromatic heterocycles. The molecule has 1 amide bonds. The average molecular weight is 504 g/mol. The third kappa shape index (κ3) is 6.18. The standard InChI is InChI=1S/C25H30ClN3O4S/c1-5-28(24(30)20-9-7-10-21(26)13-20)16-22-14-27-25(29(22)15-18(2)3)34(31,32)17-19-8-6-11-23(12-19)33-4/h6-14,18H,5,15-17H2,1-4H3. The van der Waals surface area contributed by atoms with Gasteiger partial charge >= 0.3 is 0 Å². The minimum absolute atomic E-state index is 0.00489. The van der Waals surface area contributed by atoms with Crippen molar-refractivity contribution in [3.8, 4) is 5.75 Å². The zero-order valence-electron chi connectivity index (χ0n) is 19.9. The lowest BCUT2D eigenvalue weighted by Gasteiger charge is -2.23. The van der Waals surface area contributed by atoms with Gasteiger partial charge in [0.25, 0.3) is 5.91 Å². The van der Waals surface area contributed by atoms with E-state index < -0.39 is 9.84 Å². The molecule has 0 aliphatic rings. The Morgan fingerprint density at radius 1 is 1.18 bits per heavy atom. The number of hydrogen-bond acceptors (Lipinski definition) is 5. The normalized spacial score (nSPS) is 11.6. The van der Waals surface area contributed by atoms with Gasteiger partial charge in [-0.2, -0.15) is 0 Å². The Balaban J connectivity index is 1.93. The van der Waals surface area contributed by atoms with Crippen LogP contribution in [0.3, 0.4) is 0 Å². The van der Waals surface area contributed by atoms with E-state index in [2.05, 4.69) is 4.98 Å². The third-order valence-corrected chi connectivity index (χ3v) is 7.14. The van der Waals surface area contributed by atoms with Crippen LogP contribution in [0.15, 0.2) is 59.9 Å². The molecule has 0 saturated carbocycles. The molecule has 0 aliphatic heterocycles. The Kier molecular flexibility index (Phi) is 8.38. The summed E-state index contributed by atoms with van der Waals surface area (Å²) in [5, 5.41) is 0.489. The molecule has 1 heterocycles. The number of carbonyl (C=O) groups is 1. The number of aromatic nitrogens is 2. The van der Waals surface area contributed by atoms with Gasteiger partial charge in [-0.05, 0) is 48.7 Å². The van der Waals surface area contributed by atoms with Gasteiger partial charge in [0.1, 0.15) is 5.75 Å². The van der Waals surface area contributed by atoms with Gasteiger partial charge in [-0.3, -0.25) is 4.79 Å². The number of halogens is 1. The van der Waals surface area contributed by atoms with Crippen molar-refractivity contribution in [3.63, 3.8) is 0 Å². The summed E-state index contributed by atoms with van der Waals surface area (Å²) in [5.41, 5.74) is 1.76. The van der Waals surface area contributed by atoms with E-state index in [1.807, 2.05) is 20.8 Å². The lowest BCUT2D eigenvalue weighted by atomic mass is 10.2. The smallest absolute Gasteiger partial charge is 0.254 e. The van der Waals surface area contributed by atoms with Crippen LogP contribution in [-0.2, 0) is 28.7 Å². The molecule has 0 saturated heterocycles. The van der Waals surface area contributed by atoms with E-state index in [4.69, 9.17) is 16.3 Å². The molecule has 7 nitrogen and oxygen atoms in total. The molecule has 0 radical (unpaired) electrons. The lowest BCUT2D eigenvalue weighted by Crippen LogP contribution is -2.31. The van der Waals surface area contributed by atoms with Gasteiger partial charge in [0, 0.05) is 23.7 Å². The number of imidazole rings is 1. The molecule has 34 heavy (non-hydrogen) atoms. The van der Waals surface area contributed by atoms with E-state index in [9.17, 15) is 13.2 Å². The van der Waals surface area contributed by atoms with Gasteiger partial charge in [0.2, 0.25) is 15.0 Å². The van der Waals surface area contributed by atoms with Gasteiger partial charge in [0.05, 0.1) is 31.3 Å². The molecule has 9 heteroatoms. The van der Waals surface area contributed by atoms with Crippen LogP contribution in [0.25, 0.3) is 0 Å². The number of ether oxygens (including phenoxy) is 1. The lowest BCUT2D eigenvalue weighted by molar-refractivity contribution is 0.0748. The molecule has 0 unspecified atom stereocenters. The maximum atomic E-state index is 13.3. The van der Waals surface area contributed by atoms with E-state index in [0.717, 1.165) is 0 Å². The highest BCUT2D eigenvalue weighted by Gasteiger charge is 2.26. The predicted octanol–water partition coefficient (Wildman–Crippen LogP) is 4.84. The second-order valence-electron chi connectivity index (χ2n) is 8.48. The fourth-order valence-electron chi connectivity index (χ4n) is 3.70. The van der Waals surface area contributed by atoms with E-state index in [-0.39, 0.29) is 29.3 Å². The number of amides is 1. The summed E-state index contributed by atoms with van der Waals surface area (Å²) in [6.45, 7) is 7.05. The fraction of sp³-hybridized carbons (Fsp3) is 0.360. The van der Waals surface area contributed by atoms with Crippen molar-refractivity contribution in [2.45, 2.75) is 44.8 Å². The van der Waals surface area contributed by atoms with Gasteiger partial charge in [0.15, 0.2) is 0 Å². The Bertz CT molecular complexity index is 1250. The van der Waals surface area contributed by atoms with Crippen molar-refractivity contribution in [1.29, 1.82) is 0 Å². The van der Waals surface area contributed by atoms with Crippen LogP contribution in [0.2, 0.25) is 5.02 Å². The number of methoxy groups -OCH3 is 1. The van der Waals surface area contributed by atoms with Gasteiger partial charge in [-0.15, -0.1) is 0 Å². The molecule has 0 bridgehead atoms. The second-order valence-corrected chi connectivity index (χ2v) is 10.8. The molecule has 0 spiro atoms. The fourth-order valence-corrected chi connectivity index (χ4v) is 5.38. The summed E-state index contributed by atoms with van der Waals surface area (Å²) in [6.07, 6.45) is 1.55. The van der Waals surface area contributed by atoms with E-state index in [1.54, 1.807) is 71.3 Å². The molecule has 3 aromatic rings. The van der Waals surface area contributed by atoms with Crippen LogP contribution in [0.1, 0.15) is 42.4 Å². The van der Waals surface area contributed by atoms with Crippen molar-refractivity contribution < 1.29 is 17.9 Å². The van der Waals surface area contributed by atoms with E-state index >= 15 is 0 Å². The number of carbonyl (C=O) groups excluding carboxylic acids is 1. The van der Waals surface area contributed by atoms with Crippen LogP contribution in [0.5, 0.6) is 5.75 Å². The number of nitrogens with zero attached hydrogens (tertiary/aromatic N) is 3. The molecule has 0 N–H and O–H groups in total.